The Morgan fingerprint density at radius 3 is 2.50 bits per heavy atom. The van der Waals surface area contributed by atoms with Gasteiger partial charge in [0.25, 0.3) is 21.5 Å². The molecule has 1 atom stereocenters. The topological polar surface area (TPSA) is 112 Å². The van der Waals surface area contributed by atoms with Gasteiger partial charge in [0.15, 0.2) is 4.90 Å². The summed E-state index contributed by atoms with van der Waals surface area (Å²) in [5.41, 5.74) is 1.85. The number of aromatic amines is 1. The zero-order valence-corrected chi connectivity index (χ0v) is 22.0. The van der Waals surface area contributed by atoms with E-state index in [2.05, 4.69) is 55.3 Å². The average molecular weight is 509 g/mol. The van der Waals surface area contributed by atoms with Gasteiger partial charge in [-0.3, -0.25) is 9.59 Å². The summed E-state index contributed by atoms with van der Waals surface area (Å²) >= 11 is 0. The van der Waals surface area contributed by atoms with Crippen molar-refractivity contribution >= 4 is 21.7 Å². The van der Waals surface area contributed by atoms with Gasteiger partial charge in [0.2, 0.25) is 0 Å². The zero-order valence-electron chi connectivity index (χ0n) is 21.2. The van der Waals surface area contributed by atoms with Gasteiger partial charge in [0.1, 0.15) is 5.82 Å². The van der Waals surface area contributed by atoms with Crippen LogP contribution in [0.5, 0.6) is 0 Å². The van der Waals surface area contributed by atoms with Crippen LogP contribution in [0.25, 0.3) is 11.3 Å². The quantitative estimate of drug-likeness (QED) is 0.513. The van der Waals surface area contributed by atoms with Crippen molar-refractivity contribution in [1.82, 2.24) is 14.7 Å². The van der Waals surface area contributed by atoms with Gasteiger partial charge in [-0.05, 0) is 61.9 Å². The van der Waals surface area contributed by atoms with Gasteiger partial charge in [-0.1, -0.05) is 45.0 Å². The fourth-order valence-electron chi connectivity index (χ4n) is 4.67. The Balaban J connectivity index is 1.83. The third-order valence-corrected chi connectivity index (χ3v) is 8.57. The lowest BCUT2D eigenvalue weighted by Gasteiger charge is -2.36. The van der Waals surface area contributed by atoms with Crippen LogP contribution in [-0.2, 0) is 10.0 Å². The summed E-state index contributed by atoms with van der Waals surface area (Å²) in [5, 5.41) is 0. The van der Waals surface area contributed by atoms with Crippen LogP contribution in [0.15, 0.2) is 64.4 Å². The van der Waals surface area contributed by atoms with Crippen molar-refractivity contribution in [3.63, 3.8) is 0 Å². The number of anilines is 1. The Hall–Kier alpha value is -3.46. The number of benzene rings is 1. The highest BCUT2D eigenvalue weighted by atomic mass is 32.2. The molecule has 1 aromatic carbocycles. The Morgan fingerprint density at radius 2 is 1.86 bits per heavy atom. The molecule has 1 fully saturated rings. The fourth-order valence-corrected chi connectivity index (χ4v) is 5.70. The van der Waals surface area contributed by atoms with E-state index in [-0.39, 0.29) is 17.0 Å². The van der Waals surface area contributed by atoms with E-state index in [0.29, 0.717) is 24.0 Å². The highest BCUT2D eigenvalue weighted by molar-refractivity contribution is 7.90. The van der Waals surface area contributed by atoms with Crippen LogP contribution < -0.4 is 15.2 Å². The molecule has 1 aliphatic heterocycles. The second kappa shape index (κ2) is 9.54. The summed E-state index contributed by atoms with van der Waals surface area (Å²) in [6.45, 7) is 11.3. The molecule has 4 rings (SSSR count). The summed E-state index contributed by atoms with van der Waals surface area (Å²) in [5.74, 6) is 0.204. The van der Waals surface area contributed by atoms with Crippen molar-refractivity contribution in [3.8, 4) is 11.3 Å². The van der Waals surface area contributed by atoms with Gasteiger partial charge >= 0.3 is 0 Å². The summed E-state index contributed by atoms with van der Waals surface area (Å²) in [4.78, 5) is 34.3. The summed E-state index contributed by atoms with van der Waals surface area (Å²) in [6.07, 6.45) is 2.25. The molecule has 8 nitrogen and oxygen atoms in total. The van der Waals surface area contributed by atoms with Gasteiger partial charge in [-0.15, -0.1) is 0 Å². The van der Waals surface area contributed by atoms with Crippen molar-refractivity contribution in [2.45, 2.75) is 57.4 Å². The lowest BCUT2D eigenvalue weighted by atomic mass is 9.90. The molecule has 3 heterocycles. The molecule has 1 unspecified atom stereocenters. The Labute approximate surface area is 211 Å². The first-order valence-electron chi connectivity index (χ1n) is 12.1. The lowest BCUT2D eigenvalue weighted by molar-refractivity contribution is 0.0981. The van der Waals surface area contributed by atoms with Crippen molar-refractivity contribution in [2.24, 2.45) is 5.92 Å². The van der Waals surface area contributed by atoms with E-state index in [1.165, 1.54) is 12.3 Å². The highest BCUT2D eigenvalue weighted by Crippen LogP contribution is 2.40. The smallest absolute Gasteiger partial charge is 0.269 e. The highest BCUT2D eigenvalue weighted by Gasteiger charge is 2.41. The number of carbonyl (C=O) groups excluding carboxylic acids is 1. The third-order valence-electron chi connectivity index (χ3n) is 7.22. The first-order chi connectivity index (χ1) is 16.9. The van der Waals surface area contributed by atoms with Gasteiger partial charge in [-0.2, -0.15) is 0 Å². The normalized spacial score (nSPS) is 17.4. The lowest BCUT2D eigenvalue weighted by Crippen LogP contribution is -2.44. The third kappa shape index (κ3) is 4.67. The molecule has 0 aliphatic carbocycles. The number of pyridine rings is 2. The number of nitrogens with one attached hydrogen (secondary N) is 2. The Morgan fingerprint density at radius 1 is 1.14 bits per heavy atom. The minimum absolute atomic E-state index is 0.138. The monoisotopic (exact) mass is 508 g/mol. The summed E-state index contributed by atoms with van der Waals surface area (Å²) in [7, 11) is -4.39. The molecule has 0 bridgehead atoms. The van der Waals surface area contributed by atoms with Crippen LogP contribution in [-0.4, -0.2) is 36.4 Å². The summed E-state index contributed by atoms with van der Waals surface area (Å²) < 4.78 is 27.8. The molecule has 1 amide bonds. The zero-order chi connectivity index (χ0) is 26.3. The standard InChI is InChI=1S/C27H32N4O4S/c1-17(2)19-9-6-7-10-20(19)22-13-12-21(24(29-22)31-16-14-18(3)27(31,4)5)25(32)30-36(34,35)23-11-8-15-28-26(23)33/h6-13,15,17-18H,14,16H2,1-5H3,(H,28,33)(H,30,32). The average Bonchev–Trinajstić information content (AvgIpc) is 3.10. The number of sulfonamides is 1. The maximum atomic E-state index is 13.4. The van der Waals surface area contributed by atoms with E-state index >= 15 is 0 Å². The van der Waals surface area contributed by atoms with E-state index in [9.17, 15) is 18.0 Å². The second-order valence-corrected chi connectivity index (χ2v) is 11.8. The maximum Gasteiger partial charge on any atom is 0.269 e. The van der Waals surface area contributed by atoms with E-state index in [0.717, 1.165) is 23.6 Å². The minimum Gasteiger partial charge on any atom is -0.351 e. The van der Waals surface area contributed by atoms with Crippen molar-refractivity contribution < 1.29 is 13.2 Å². The van der Waals surface area contributed by atoms with Gasteiger partial charge in [-0.25, -0.2) is 18.1 Å². The molecule has 0 radical (unpaired) electrons. The predicted molar refractivity (Wildman–Crippen MR) is 141 cm³/mol. The largest absolute Gasteiger partial charge is 0.351 e. The SMILES string of the molecule is CC(C)c1ccccc1-c1ccc(C(=O)NS(=O)(=O)c2ccc[nH]c2=O)c(N2CCC(C)C2(C)C)n1. The maximum absolute atomic E-state index is 13.4. The van der Waals surface area contributed by atoms with Crippen LogP contribution in [0.2, 0.25) is 0 Å². The number of nitrogens with zero attached hydrogens (tertiary/aromatic N) is 2. The van der Waals surface area contributed by atoms with Crippen LogP contribution in [0, 0.1) is 5.92 Å². The molecular formula is C27H32N4O4S. The molecule has 0 saturated carbocycles. The Kier molecular flexibility index (Phi) is 6.79. The summed E-state index contributed by atoms with van der Waals surface area (Å²) in [6, 6.07) is 13.9. The van der Waals surface area contributed by atoms with Crippen LogP contribution in [0.3, 0.4) is 0 Å². The van der Waals surface area contributed by atoms with E-state index in [1.54, 1.807) is 12.1 Å². The predicted octanol–water partition coefficient (Wildman–Crippen LogP) is 4.30. The number of carbonyl (C=O) groups is 1. The number of hydrogen-bond acceptors (Lipinski definition) is 6. The van der Waals surface area contributed by atoms with Crippen molar-refractivity contribution in [1.29, 1.82) is 0 Å². The molecule has 1 aliphatic rings. The van der Waals surface area contributed by atoms with Crippen molar-refractivity contribution in [2.75, 3.05) is 11.4 Å². The number of H-pyrrole nitrogens is 1. The number of hydrogen-bond donors (Lipinski definition) is 2. The Bertz CT molecular complexity index is 1460. The molecule has 9 heteroatoms. The van der Waals surface area contributed by atoms with Crippen LogP contribution >= 0.6 is 0 Å². The first kappa shape index (κ1) is 25.6. The van der Waals surface area contributed by atoms with Crippen molar-refractivity contribution in [3.05, 3.63) is 76.2 Å². The van der Waals surface area contributed by atoms with Crippen LogP contribution in [0.1, 0.15) is 62.9 Å². The molecule has 36 heavy (non-hydrogen) atoms. The molecule has 1 saturated heterocycles. The van der Waals surface area contributed by atoms with E-state index in [1.807, 2.05) is 18.2 Å². The second-order valence-electron chi connectivity index (χ2n) is 10.1. The van der Waals surface area contributed by atoms with E-state index in [4.69, 9.17) is 4.98 Å². The van der Waals surface area contributed by atoms with Crippen LogP contribution in [0.4, 0.5) is 5.82 Å². The molecule has 2 N–H and O–H groups in total. The van der Waals surface area contributed by atoms with Gasteiger partial charge in [0.05, 0.1) is 11.3 Å². The van der Waals surface area contributed by atoms with Gasteiger partial charge in [0, 0.05) is 23.8 Å². The molecule has 0 spiro atoms. The minimum atomic E-state index is -4.39. The first-order valence-corrected chi connectivity index (χ1v) is 13.5. The molecular weight excluding hydrogens is 476 g/mol. The van der Waals surface area contributed by atoms with Gasteiger partial charge < -0.3 is 9.88 Å². The fraction of sp³-hybridized carbons (Fsp3) is 0.370. The number of aromatic nitrogens is 2. The molecule has 2 aromatic heterocycles. The molecule has 190 valence electrons. The number of amides is 1. The van der Waals surface area contributed by atoms with E-state index < -0.39 is 26.4 Å². The molecule has 3 aromatic rings. The number of rotatable bonds is 6.